The van der Waals surface area contributed by atoms with Gasteiger partial charge in [-0.05, 0) is 23.8 Å². The van der Waals surface area contributed by atoms with Crippen molar-refractivity contribution in [3.63, 3.8) is 0 Å². The van der Waals surface area contributed by atoms with Crippen LogP contribution >= 0.6 is 0 Å². The molecule has 0 aliphatic carbocycles. The van der Waals surface area contributed by atoms with Crippen LogP contribution in [-0.4, -0.2) is 23.2 Å². The van der Waals surface area contributed by atoms with Crippen LogP contribution in [0.4, 0.5) is 0 Å². The molecular weight excluding hydrogens is 246 g/mol. The van der Waals surface area contributed by atoms with Crippen LogP contribution in [0.2, 0.25) is 0 Å². The molecule has 0 radical (unpaired) electrons. The quantitative estimate of drug-likeness (QED) is 0.875. The Kier molecular flexibility index (Phi) is 3.66. The number of carboxylic acids is 1. The van der Waals surface area contributed by atoms with Gasteiger partial charge in [0.1, 0.15) is 11.3 Å². The number of aromatic nitrogens is 1. The molecule has 5 heteroatoms. The van der Waals surface area contributed by atoms with E-state index in [1.165, 1.54) is 6.07 Å². The molecule has 0 aliphatic rings. The predicted molar refractivity (Wildman–Crippen MR) is 69.8 cm³/mol. The first-order valence-electron chi connectivity index (χ1n) is 5.69. The van der Waals surface area contributed by atoms with Crippen LogP contribution in [0.25, 0.3) is 0 Å². The molecular formula is C14H13NO4. The van der Waals surface area contributed by atoms with E-state index in [0.29, 0.717) is 12.1 Å². The van der Waals surface area contributed by atoms with Crippen molar-refractivity contribution in [3.05, 3.63) is 63.6 Å². The maximum absolute atomic E-state index is 11.6. The summed E-state index contributed by atoms with van der Waals surface area (Å²) in [6, 6.07) is 10.4. The van der Waals surface area contributed by atoms with Crippen molar-refractivity contribution in [3.8, 4) is 5.75 Å². The molecule has 0 amide bonds. The van der Waals surface area contributed by atoms with Crippen molar-refractivity contribution in [2.24, 2.45) is 0 Å². The normalized spacial score (nSPS) is 10.2. The second kappa shape index (κ2) is 5.39. The van der Waals surface area contributed by atoms with Gasteiger partial charge in [0.15, 0.2) is 0 Å². The summed E-state index contributed by atoms with van der Waals surface area (Å²) in [5, 5.41) is 8.79. The van der Waals surface area contributed by atoms with E-state index >= 15 is 0 Å². The maximum Gasteiger partial charge on any atom is 0.341 e. The van der Waals surface area contributed by atoms with E-state index in [9.17, 15) is 9.59 Å². The lowest BCUT2D eigenvalue weighted by Gasteiger charge is -2.08. The summed E-state index contributed by atoms with van der Waals surface area (Å²) in [6.45, 7) is 0. The lowest BCUT2D eigenvalue weighted by atomic mass is 10.1. The number of hydrogen-bond donors (Lipinski definition) is 2. The maximum atomic E-state index is 11.6. The Morgan fingerprint density at radius 2 is 2.00 bits per heavy atom. The van der Waals surface area contributed by atoms with Gasteiger partial charge in [-0.2, -0.15) is 0 Å². The molecule has 0 bridgehead atoms. The van der Waals surface area contributed by atoms with Crippen molar-refractivity contribution >= 4 is 5.97 Å². The van der Waals surface area contributed by atoms with Crippen molar-refractivity contribution in [2.75, 3.05) is 7.11 Å². The molecule has 0 spiro atoms. The van der Waals surface area contributed by atoms with Gasteiger partial charge in [-0.3, -0.25) is 4.79 Å². The van der Waals surface area contributed by atoms with Crippen molar-refractivity contribution in [1.29, 1.82) is 0 Å². The molecule has 2 N–H and O–H groups in total. The third-order valence-corrected chi connectivity index (χ3v) is 2.77. The van der Waals surface area contributed by atoms with E-state index in [2.05, 4.69) is 4.98 Å². The van der Waals surface area contributed by atoms with Gasteiger partial charge in [0.2, 0.25) is 0 Å². The van der Waals surface area contributed by atoms with Gasteiger partial charge >= 0.3 is 5.97 Å². The monoisotopic (exact) mass is 259 g/mol. The summed E-state index contributed by atoms with van der Waals surface area (Å²) in [4.78, 5) is 24.9. The average Bonchev–Trinajstić information content (AvgIpc) is 2.39. The lowest BCUT2D eigenvalue weighted by molar-refractivity contribution is 0.0695. The molecule has 98 valence electrons. The van der Waals surface area contributed by atoms with E-state index in [4.69, 9.17) is 9.84 Å². The van der Waals surface area contributed by atoms with E-state index in [1.54, 1.807) is 13.2 Å². The number of rotatable bonds is 4. The number of carboxylic acid groups (broad SMARTS) is 1. The molecule has 19 heavy (non-hydrogen) atoms. The molecule has 1 aromatic carbocycles. The Morgan fingerprint density at radius 3 is 2.63 bits per heavy atom. The van der Waals surface area contributed by atoms with Gasteiger partial charge in [0.25, 0.3) is 5.56 Å². The molecule has 0 saturated carbocycles. The van der Waals surface area contributed by atoms with Gasteiger partial charge in [-0.25, -0.2) is 4.79 Å². The second-order valence-corrected chi connectivity index (χ2v) is 4.02. The van der Waals surface area contributed by atoms with E-state index in [-0.39, 0.29) is 5.56 Å². The Labute approximate surface area is 109 Å². The molecule has 0 unspecified atom stereocenters. The number of aromatic carboxylic acids is 1. The van der Waals surface area contributed by atoms with Crippen LogP contribution in [0.15, 0.2) is 41.2 Å². The summed E-state index contributed by atoms with van der Waals surface area (Å²) in [5.41, 5.74) is 0.701. The summed E-state index contributed by atoms with van der Waals surface area (Å²) in [6.07, 6.45) is 0.471. The van der Waals surface area contributed by atoms with Gasteiger partial charge in [0, 0.05) is 12.1 Å². The van der Waals surface area contributed by atoms with E-state index in [0.717, 1.165) is 11.3 Å². The molecule has 1 heterocycles. The predicted octanol–water partition coefficient (Wildman–Crippen LogP) is 1.67. The molecule has 0 atom stereocenters. The van der Waals surface area contributed by atoms with Crippen LogP contribution in [0.1, 0.15) is 21.6 Å². The van der Waals surface area contributed by atoms with Crippen LogP contribution in [0.3, 0.4) is 0 Å². The van der Waals surface area contributed by atoms with Gasteiger partial charge in [0.05, 0.1) is 7.11 Å². The first-order valence-corrected chi connectivity index (χ1v) is 5.69. The summed E-state index contributed by atoms with van der Waals surface area (Å²) >= 11 is 0. The number of para-hydroxylation sites is 1. The SMILES string of the molecule is COc1ccccc1Cc1ccc(C(=O)O)c(=O)[nH]1. The smallest absolute Gasteiger partial charge is 0.341 e. The van der Waals surface area contributed by atoms with Gasteiger partial charge in [-0.15, -0.1) is 0 Å². The summed E-state index contributed by atoms with van der Waals surface area (Å²) < 4.78 is 5.22. The van der Waals surface area contributed by atoms with Crippen LogP contribution < -0.4 is 10.3 Å². The summed E-state index contributed by atoms with van der Waals surface area (Å²) in [5.74, 6) is -0.504. The first kappa shape index (κ1) is 12.9. The number of hydrogen-bond acceptors (Lipinski definition) is 3. The number of carbonyl (C=O) groups is 1. The largest absolute Gasteiger partial charge is 0.496 e. The highest BCUT2D eigenvalue weighted by Crippen LogP contribution is 2.19. The highest BCUT2D eigenvalue weighted by molar-refractivity contribution is 5.87. The number of methoxy groups -OCH3 is 1. The number of benzene rings is 1. The third-order valence-electron chi connectivity index (χ3n) is 2.77. The zero-order valence-corrected chi connectivity index (χ0v) is 10.3. The van der Waals surface area contributed by atoms with Gasteiger partial charge in [-0.1, -0.05) is 18.2 Å². The highest BCUT2D eigenvalue weighted by atomic mass is 16.5. The number of H-pyrrole nitrogens is 1. The van der Waals surface area contributed by atoms with Crippen LogP contribution in [0.5, 0.6) is 5.75 Å². The fraction of sp³-hybridized carbons (Fsp3) is 0.143. The Bertz CT molecular complexity index is 660. The number of aromatic amines is 1. The Hall–Kier alpha value is -2.56. The number of pyridine rings is 1. The zero-order valence-electron chi connectivity index (χ0n) is 10.3. The third kappa shape index (κ3) is 2.82. The van der Waals surface area contributed by atoms with Crippen molar-refractivity contribution < 1.29 is 14.6 Å². The minimum absolute atomic E-state index is 0.260. The van der Waals surface area contributed by atoms with E-state index in [1.807, 2.05) is 24.3 Å². The molecule has 0 aliphatic heterocycles. The Morgan fingerprint density at radius 1 is 1.26 bits per heavy atom. The van der Waals surface area contributed by atoms with Crippen molar-refractivity contribution in [1.82, 2.24) is 4.98 Å². The standard InChI is InChI=1S/C14H13NO4/c1-19-12-5-3-2-4-9(12)8-10-6-7-11(14(17)18)13(16)15-10/h2-7H,8H2,1H3,(H,15,16)(H,17,18). The molecule has 2 rings (SSSR count). The van der Waals surface area contributed by atoms with E-state index < -0.39 is 11.5 Å². The average molecular weight is 259 g/mol. The molecule has 1 aromatic heterocycles. The molecule has 0 saturated heterocycles. The zero-order chi connectivity index (χ0) is 13.8. The van der Waals surface area contributed by atoms with Crippen LogP contribution in [-0.2, 0) is 6.42 Å². The molecule has 2 aromatic rings. The number of ether oxygens (including phenoxy) is 1. The Balaban J connectivity index is 2.32. The van der Waals surface area contributed by atoms with Crippen LogP contribution in [0, 0.1) is 0 Å². The fourth-order valence-electron chi connectivity index (χ4n) is 1.84. The molecule has 5 nitrogen and oxygen atoms in total. The first-order chi connectivity index (χ1) is 9.11. The minimum atomic E-state index is -1.23. The van der Waals surface area contributed by atoms with Crippen molar-refractivity contribution in [2.45, 2.75) is 6.42 Å². The fourth-order valence-corrected chi connectivity index (χ4v) is 1.84. The minimum Gasteiger partial charge on any atom is -0.496 e. The highest BCUT2D eigenvalue weighted by Gasteiger charge is 2.09. The molecule has 0 fully saturated rings. The van der Waals surface area contributed by atoms with Gasteiger partial charge < -0.3 is 14.8 Å². The lowest BCUT2D eigenvalue weighted by Crippen LogP contribution is -2.18. The summed E-state index contributed by atoms with van der Waals surface area (Å²) in [7, 11) is 1.58. The topological polar surface area (TPSA) is 79.4 Å². The second-order valence-electron chi connectivity index (χ2n) is 4.02. The number of nitrogens with one attached hydrogen (secondary N) is 1.